The molecule has 1 amide bonds. The Balaban J connectivity index is 1.74. The molecule has 0 saturated carbocycles. The first-order valence-corrected chi connectivity index (χ1v) is 10.4. The Morgan fingerprint density at radius 3 is 2.69 bits per heavy atom. The van der Waals surface area contributed by atoms with Crippen molar-refractivity contribution in [2.24, 2.45) is 0 Å². The van der Waals surface area contributed by atoms with Crippen molar-refractivity contribution in [1.82, 2.24) is 4.90 Å². The zero-order valence-corrected chi connectivity index (χ0v) is 17.7. The summed E-state index contributed by atoms with van der Waals surface area (Å²) in [6.45, 7) is 7.65. The van der Waals surface area contributed by atoms with E-state index in [1.54, 1.807) is 7.11 Å². The average molecular weight is 399 g/mol. The number of amides is 1. The van der Waals surface area contributed by atoms with Crippen LogP contribution in [0.1, 0.15) is 56.2 Å². The molecule has 156 valence electrons. The second-order valence-electron chi connectivity index (χ2n) is 8.70. The van der Waals surface area contributed by atoms with E-state index in [0.717, 1.165) is 55.3 Å². The van der Waals surface area contributed by atoms with E-state index >= 15 is 0 Å². The molecule has 2 aliphatic rings. The molecule has 3 heterocycles. The van der Waals surface area contributed by atoms with Crippen LogP contribution in [0.2, 0.25) is 0 Å². The smallest absolute Gasteiger partial charge is 0.339 e. The molecule has 1 saturated heterocycles. The summed E-state index contributed by atoms with van der Waals surface area (Å²) in [6.07, 6.45) is 4.44. The first-order chi connectivity index (χ1) is 13.8. The first kappa shape index (κ1) is 19.8. The van der Waals surface area contributed by atoms with Gasteiger partial charge in [0.15, 0.2) is 0 Å². The lowest BCUT2D eigenvalue weighted by Crippen LogP contribution is -2.32. The number of carbonyl (C=O) groups excluding carboxylic acids is 1. The van der Waals surface area contributed by atoms with Crippen molar-refractivity contribution in [3.05, 3.63) is 33.2 Å². The number of carbonyl (C=O) groups is 1. The van der Waals surface area contributed by atoms with E-state index in [1.165, 1.54) is 0 Å². The molecule has 0 N–H and O–H groups in total. The summed E-state index contributed by atoms with van der Waals surface area (Å²) in [6, 6.07) is 1.89. The highest BCUT2D eigenvalue weighted by atomic mass is 16.5. The van der Waals surface area contributed by atoms with E-state index in [2.05, 4.69) is 13.8 Å². The van der Waals surface area contributed by atoms with Crippen LogP contribution >= 0.6 is 0 Å². The van der Waals surface area contributed by atoms with Gasteiger partial charge >= 0.3 is 5.63 Å². The van der Waals surface area contributed by atoms with Crippen molar-refractivity contribution in [1.29, 1.82) is 0 Å². The Labute approximate surface area is 170 Å². The van der Waals surface area contributed by atoms with E-state index in [0.29, 0.717) is 35.5 Å². The normalized spacial score (nSPS) is 17.9. The zero-order chi connectivity index (χ0) is 20.8. The molecule has 0 radical (unpaired) electrons. The van der Waals surface area contributed by atoms with Crippen molar-refractivity contribution in [2.45, 2.75) is 64.9 Å². The first-order valence-electron chi connectivity index (χ1n) is 10.4. The van der Waals surface area contributed by atoms with E-state index in [9.17, 15) is 9.59 Å². The summed E-state index contributed by atoms with van der Waals surface area (Å²) < 4.78 is 17.6. The maximum Gasteiger partial charge on any atom is 0.339 e. The molecule has 1 aromatic carbocycles. The van der Waals surface area contributed by atoms with Gasteiger partial charge in [-0.2, -0.15) is 0 Å². The van der Waals surface area contributed by atoms with Gasteiger partial charge in [0, 0.05) is 36.7 Å². The minimum atomic E-state index is -0.371. The Morgan fingerprint density at radius 2 is 2.00 bits per heavy atom. The summed E-state index contributed by atoms with van der Waals surface area (Å²) in [4.78, 5) is 27.1. The standard InChI is InChI=1S/C23H29NO5/c1-14-15(7-8-19(25)24-11-5-6-12-24)22(26)28-21-16-9-10-23(2,3)29-17(16)13-18(27-4)20(14)21/h13H,5-12H2,1-4H3. The molecule has 0 atom stereocenters. The lowest BCUT2D eigenvalue weighted by atomic mass is 9.91. The van der Waals surface area contributed by atoms with Crippen LogP contribution < -0.4 is 15.1 Å². The molecule has 0 bridgehead atoms. The third kappa shape index (κ3) is 3.61. The van der Waals surface area contributed by atoms with Gasteiger partial charge in [0.1, 0.15) is 22.7 Å². The fourth-order valence-electron chi connectivity index (χ4n) is 4.49. The maximum atomic E-state index is 12.8. The third-order valence-electron chi connectivity index (χ3n) is 6.21. The largest absolute Gasteiger partial charge is 0.496 e. The van der Waals surface area contributed by atoms with Gasteiger partial charge in [-0.3, -0.25) is 4.79 Å². The average Bonchev–Trinajstić information content (AvgIpc) is 3.20. The number of likely N-dealkylation sites (tertiary alicyclic amines) is 1. The van der Waals surface area contributed by atoms with Crippen molar-refractivity contribution in [3.63, 3.8) is 0 Å². The van der Waals surface area contributed by atoms with Crippen LogP contribution in [0.25, 0.3) is 11.0 Å². The Bertz CT molecular complexity index is 1010. The molecule has 2 aliphatic heterocycles. The van der Waals surface area contributed by atoms with E-state index in [1.807, 2.05) is 17.9 Å². The fourth-order valence-corrected chi connectivity index (χ4v) is 4.49. The van der Waals surface area contributed by atoms with E-state index in [-0.39, 0.29) is 17.1 Å². The summed E-state index contributed by atoms with van der Waals surface area (Å²) in [5.74, 6) is 1.45. The second kappa shape index (κ2) is 7.39. The van der Waals surface area contributed by atoms with Gasteiger partial charge in [0.25, 0.3) is 0 Å². The molecule has 29 heavy (non-hydrogen) atoms. The maximum absolute atomic E-state index is 12.8. The SMILES string of the molecule is COc1cc2c(c3oc(=O)c(CCC(=O)N4CCCC4)c(C)c13)CCC(C)(C)O2. The lowest BCUT2D eigenvalue weighted by Gasteiger charge is -2.33. The zero-order valence-electron chi connectivity index (χ0n) is 17.7. The number of rotatable bonds is 4. The van der Waals surface area contributed by atoms with Crippen LogP contribution in [0.3, 0.4) is 0 Å². The molecule has 0 aliphatic carbocycles. The van der Waals surface area contributed by atoms with E-state index in [4.69, 9.17) is 13.9 Å². The highest BCUT2D eigenvalue weighted by Gasteiger charge is 2.31. The molecule has 6 nitrogen and oxygen atoms in total. The topological polar surface area (TPSA) is 69.0 Å². The summed E-state index contributed by atoms with van der Waals surface area (Å²) in [7, 11) is 1.61. The number of methoxy groups -OCH3 is 1. The number of benzene rings is 1. The van der Waals surface area contributed by atoms with Gasteiger partial charge in [0.05, 0.1) is 12.5 Å². The van der Waals surface area contributed by atoms with Crippen LogP contribution in [0.5, 0.6) is 11.5 Å². The highest BCUT2D eigenvalue weighted by molar-refractivity contribution is 5.92. The van der Waals surface area contributed by atoms with Gasteiger partial charge in [-0.15, -0.1) is 0 Å². The summed E-state index contributed by atoms with van der Waals surface area (Å²) in [5, 5.41) is 0.803. The molecule has 6 heteroatoms. The number of hydrogen-bond donors (Lipinski definition) is 0. The van der Waals surface area contributed by atoms with Crippen molar-refractivity contribution in [3.8, 4) is 11.5 Å². The van der Waals surface area contributed by atoms with Gasteiger partial charge in [-0.05, 0) is 58.4 Å². The molecule has 1 fully saturated rings. The third-order valence-corrected chi connectivity index (χ3v) is 6.21. The minimum absolute atomic E-state index is 0.106. The van der Waals surface area contributed by atoms with Gasteiger partial charge < -0.3 is 18.8 Å². The molecular formula is C23H29NO5. The van der Waals surface area contributed by atoms with Crippen LogP contribution in [0.4, 0.5) is 0 Å². The van der Waals surface area contributed by atoms with Crippen molar-refractivity contribution < 1.29 is 18.7 Å². The molecule has 0 unspecified atom stereocenters. The summed E-state index contributed by atoms with van der Waals surface area (Å²) >= 11 is 0. The van der Waals surface area contributed by atoms with Crippen molar-refractivity contribution in [2.75, 3.05) is 20.2 Å². The molecule has 2 aromatic rings. The van der Waals surface area contributed by atoms with Gasteiger partial charge in [0.2, 0.25) is 5.91 Å². The Kier molecular flexibility index (Phi) is 5.05. The Morgan fingerprint density at radius 1 is 1.28 bits per heavy atom. The van der Waals surface area contributed by atoms with Crippen LogP contribution in [0.15, 0.2) is 15.3 Å². The highest BCUT2D eigenvalue weighted by Crippen LogP contribution is 2.43. The van der Waals surface area contributed by atoms with E-state index < -0.39 is 0 Å². The quantitative estimate of drug-likeness (QED) is 0.732. The molecule has 1 aromatic heterocycles. The fraction of sp³-hybridized carbons (Fsp3) is 0.565. The molecule has 0 spiro atoms. The number of nitrogens with zero attached hydrogens (tertiary/aromatic N) is 1. The predicted octanol–water partition coefficient (Wildman–Crippen LogP) is 3.77. The number of ether oxygens (including phenoxy) is 2. The lowest BCUT2D eigenvalue weighted by molar-refractivity contribution is -0.130. The summed E-state index contributed by atoms with van der Waals surface area (Å²) in [5.41, 5.74) is 2.21. The monoisotopic (exact) mass is 399 g/mol. The number of aryl methyl sites for hydroxylation is 2. The number of fused-ring (bicyclic) bond motifs is 3. The van der Waals surface area contributed by atoms with Crippen LogP contribution in [-0.4, -0.2) is 36.6 Å². The van der Waals surface area contributed by atoms with Gasteiger partial charge in [-0.1, -0.05) is 0 Å². The minimum Gasteiger partial charge on any atom is -0.496 e. The molecule has 4 rings (SSSR count). The predicted molar refractivity (Wildman–Crippen MR) is 111 cm³/mol. The van der Waals surface area contributed by atoms with Crippen molar-refractivity contribution >= 4 is 16.9 Å². The van der Waals surface area contributed by atoms with Gasteiger partial charge in [-0.25, -0.2) is 4.79 Å². The van der Waals surface area contributed by atoms with Crippen LogP contribution in [-0.2, 0) is 17.6 Å². The second-order valence-corrected chi connectivity index (χ2v) is 8.70. The molecular weight excluding hydrogens is 370 g/mol. The Hall–Kier alpha value is -2.50. The van der Waals surface area contributed by atoms with Crippen LogP contribution in [0, 0.1) is 6.92 Å². The number of hydrogen-bond acceptors (Lipinski definition) is 5.